The van der Waals surface area contributed by atoms with Crippen molar-refractivity contribution in [3.63, 3.8) is 0 Å². The number of carbonyl (C=O) groups is 2. The van der Waals surface area contributed by atoms with Crippen molar-refractivity contribution in [2.24, 2.45) is 0 Å². The first-order valence-electron chi connectivity index (χ1n) is 11.7. The molecule has 1 N–H and O–H groups in total. The highest BCUT2D eigenvalue weighted by Crippen LogP contribution is 2.46. The number of halogens is 7. The molecule has 0 aliphatic heterocycles. The van der Waals surface area contributed by atoms with Crippen molar-refractivity contribution in [3.05, 3.63) is 60.2 Å². The third-order valence-corrected chi connectivity index (χ3v) is 5.19. The molecule has 1 unspecified atom stereocenters. The monoisotopic (exact) mass is 585 g/mol. The molecule has 222 valence electrons. The SMILES string of the molecule is CCOC(Cc1ccc(OCCN(CCOC(F)(F)C(F)(F)C(F)(F)F)C(=O)Oc2ccccc2)cc1)C(=O)O. The molecule has 0 saturated carbocycles. The van der Waals surface area contributed by atoms with Crippen LogP contribution >= 0.6 is 0 Å². The maximum Gasteiger partial charge on any atom is 0.462 e. The standard InChI is InChI=1S/C25H26F7NO7/c1-2-37-20(21(34)35)16-17-8-10-18(11-9-17)38-14-12-33(22(36)40-19-6-4-3-5-7-19)13-15-39-25(31,32)23(26,27)24(28,29)30/h3-11,20H,2,12-16H2,1H3,(H,34,35). The topological polar surface area (TPSA) is 94.5 Å². The van der Waals surface area contributed by atoms with Gasteiger partial charge in [0.2, 0.25) is 0 Å². The molecular formula is C25H26F7NO7. The van der Waals surface area contributed by atoms with Crippen LogP contribution in [0.15, 0.2) is 54.6 Å². The number of aliphatic carboxylic acids is 1. The predicted molar refractivity (Wildman–Crippen MR) is 125 cm³/mol. The molecule has 40 heavy (non-hydrogen) atoms. The fraction of sp³-hybridized carbons (Fsp3) is 0.440. The molecule has 0 aliphatic rings. The quantitative estimate of drug-likeness (QED) is 0.280. The molecule has 8 nitrogen and oxygen atoms in total. The number of amides is 1. The normalized spacial score (nSPS) is 13.0. The highest BCUT2D eigenvalue weighted by Gasteiger charge is 2.74. The third-order valence-electron chi connectivity index (χ3n) is 5.19. The highest BCUT2D eigenvalue weighted by molar-refractivity contribution is 5.72. The summed E-state index contributed by atoms with van der Waals surface area (Å²) < 4.78 is 109. The van der Waals surface area contributed by atoms with E-state index >= 15 is 0 Å². The zero-order valence-electron chi connectivity index (χ0n) is 21.0. The summed E-state index contributed by atoms with van der Waals surface area (Å²) in [7, 11) is 0. The summed E-state index contributed by atoms with van der Waals surface area (Å²) >= 11 is 0. The van der Waals surface area contributed by atoms with E-state index < -0.39 is 49.5 Å². The molecule has 0 aliphatic carbocycles. The molecule has 0 heterocycles. The minimum atomic E-state index is -6.57. The molecule has 0 aromatic heterocycles. The molecule has 1 atom stereocenters. The van der Waals surface area contributed by atoms with E-state index in [2.05, 4.69) is 4.74 Å². The van der Waals surface area contributed by atoms with Crippen LogP contribution in [0.25, 0.3) is 0 Å². The smallest absolute Gasteiger partial charge is 0.462 e. The number of nitrogens with zero attached hydrogens (tertiary/aromatic N) is 1. The van der Waals surface area contributed by atoms with Crippen molar-refractivity contribution in [1.29, 1.82) is 0 Å². The van der Waals surface area contributed by atoms with Gasteiger partial charge in [-0.15, -0.1) is 0 Å². The third kappa shape index (κ3) is 9.26. The second-order valence-corrected chi connectivity index (χ2v) is 8.08. The van der Waals surface area contributed by atoms with Crippen molar-refractivity contribution in [3.8, 4) is 11.5 Å². The molecule has 15 heteroatoms. The van der Waals surface area contributed by atoms with Gasteiger partial charge in [0.25, 0.3) is 0 Å². The Hall–Kier alpha value is -3.59. The number of hydrogen-bond acceptors (Lipinski definition) is 6. The number of rotatable bonds is 15. The van der Waals surface area contributed by atoms with Crippen molar-refractivity contribution in [2.45, 2.75) is 37.7 Å². The maximum absolute atomic E-state index is 13.5. The minimum absolute atomic E-state index is 0.0515. The molecule has 0 bridgehead atoms. The van der Waals surface area contributed by atoms with Crippen molar-refractivity contribution < 1.29 is 64.4 Å². The molecule has 2 rings (SSSR count). The molecule has 0 spiro atoms. The summed E-state index contributed by atoms with van der Waals surface area (Å²) in [5.74, 6) is -7.27. The van der Waals surface area contributed by atoms with Gasteiger partial charge in [-0.1, -0.05) is 30.3 Å². The van der Waals surface area contributed by atoms with E-state index in [1.165, 1.54) is 36.4 Å². The van der Waals surface area contributed by atoms with Gasteiger partial charge in [-0.2, -0.15) is 30.7 Å². The summed E-state index contributed by atoms with van der Waals surface area (Å²) in [5, 5.41) is 9.18. The number of ether oxygens (including phenoxy) is 4. The summed E-state index contributed by atoms with van der Waals surface area (Å²) in [6, 6.07) is 13.6. The van der Waals surface area contributed by atoms with Crippen molar-refractivity contribution >= 4 is 12.1 Å². The van der Waals surface area contributed by atoms with E-state index in [9.17, 15) is 45.4 Å². The average molecular weight is 585 g/mol. The Morgan fingerprint density at radius 2 is 1.48 bits per heavy atom. The Morgan fingerprint density at radius 3 is 2.02 bits per heavy atom. The predicted octanol–water partition coefficient (Wildman–Crippen LogP) is 5.41. The molecule has 2 aromatic rings. The van der Waals surface area contributed by atoms with E-state index in [0.717, 1.165) is 4.90 Å². The van der Waals surface area contributed by atoms with Gasteiger partial charge in [-0.05, 0) is 36.8 Å². The second kappa shape index (κ2) is 14.2. The van der Waals surface area contributed by atoms with Crippen LogP contribution in [0.2, 0.25) is 0 Å². The summed E-state index contributed by atoms with van der Waals surface area (Å²) in [5.41, 5.74) is 0.620. The van der Waals surface area contributed by atoms with Crippen LogP contribution in [-0.2, 0) is 20.7 Å². The second-order valence-electron chi connectivity index (χ2n) is 8.08. The van der Waals surface area contributed by atoms with Gasteiger partial charge >= 0.3 is 30.3 Å². The highest BCUT2D eigenvalue weighted by atomic mass is 19.4. The Bertz CT molecular complexity index is 1080. The van der Waals surface area contributed by atoms with Crippen LogP contribution in [0.3, 0.4) is 0 Å². The van der Waals surface area contributed by atoms with Gasteiger partial charge in [0, 0.05) is 19.6 Å². The van der Waals surface area contributed by atoms with E-state index in [-0.39, 0.29) is 37.7 Å². The van der Waals surface area contributed by atoms with Gasteiger partial charge in [0.1, 0.15) is 18.1 Å². The Labute approximate surface area is 224 Å². The lowest BCUT2D eigenvalue weighted by Gasteiger charge is -2.28. The van der Waals surface area contributed by atoms with Crippen LogP contribution in [-0.4, -0.2) is 79.3 Å². The lowest BCUT2D eigenvalue weighted by molar-refractivity contribution is -0.423. The van der Waals surface area contributed by atoms with E-state index in [1.807, 2.05) is 0 Å². The van der Waals surface area contributed by atoms with E-state index in [1.54, 1.807) is 25.1 Å². The molecule has 0 fully saturated rings. The van der Waals surface area contributed by atoms with Gasteiger partial charge in [0.05, 0.1) is 13.2 Å². The van der Waals surface area contributed by atoms with Crippen LogP contribution in [0.4, 0.5) is 35.5 Å². The maximum atomic E-state index is 13.5. The molecular weight excluding hydrogens is 559 g/mol. The number of carboxylic acids is 1. The van der Waals surface area contributed by atoms with Crippen LogP contribution in [0.1, 0.15) is 12.5 Å². The van der Waals surface area contributed by atoms with E-state index in [4.69, 9.17) is 14.2 Å². The zero-order chi connectivity index (χ0) is 30.0. The van der Waals surface area contributed by atoms with Crippen LogP contribution in [0.5, 0.6) is 11.5 Å². The Morgan fingerprint density at radius 1 is 0.875 bits per heavy atom. The number of alkyl halides is 7. The summed E-state index contributed by atoms with van der Waals surface area (Å²) in [6.07, 6.45) is -14.5. The number of carboxylic acid groups (broad SMARTS) is 1. The summed E-state index contributed by atoms with van der Waals surface area (Å²) in [6.45, 7) is -0.998. The fourth-order valence-electron chi connectivity index (χ4n) is 3.12. The first-order chi connectivity index (χ1) is 18.7. The fourth-order valence-corrected chi connectivity index (χ4v) is 3.12. The number of para-hydroxylation sites is 1. The van der Waals surface area contributed by atoms with Crippen molar-refractivity contribution in [2.75, 3.05) is 32.9 Å². The number of carbonyl (C=O) groups excluding carboxylic acids is 1. The molecule has 0 saturated heterocycles. The van der Waals surface area contributed by atoms with Crippen molar-refractivity contribution in [1.82, 2.24) is 4.90 Å². The van der Waals surface area contributed by atoms with Gasteiger partial charge in [-0.3, -0.25) is 0 Å². The largest absolute Gasteiger partial charge is 0.492 e. The first-order valence-corrected chi connectivity index (χ1v) is 11.7. The lowest BCUT2D eigenvalue weighted by atomic mass is 10.1. The minimum Gasteiger partial charge on any atom is -0.492 e. The summed E-state index contributed by atoms with van der Waals surface area (Å²) in [4.78, 5) is 24.5. The Balaban J connectivity index is 2.01. The van der Waals surface area contributed by atoms with Gasteiger partial charge in [-0.25, -0.2) is 9.59 Å². The van der Waals surface area contributed by atoms with Crippen LogP contribution in [0, 0.1) is 0 Å². The Kier molecular flexibility index (Phi) is 11.5. The van der Waals surface area contributed by atoms with Crippen LogP contribution < -0.4 is 9.47 Å². The number of hydrogen-bond donors (Lipinski definition) is 1. The zero-order valence-corrected chi connectivity index (χ0v) is 21.0. The molecule has 0 radical (unpaired) electrons. The molecule has 2 aromatic carbocycles. The lowest BCUT2D eigenvalue weighted by Crippen LogP contribution is -2.54. The van der Waals surface area contributed by atoms with Gasteiger partial charge < -0.3 is 29.0 Å². The first kappa shape index (κ1) is 32.6. The number of benzene rings is 2. The van der Waals surface area contributed by atoms with Gasteiger partial charge in [0.15, 0.2) is 6.10 Å². The molecule has 1 amide bonds. The van der Waals surface area contributed by atoms with E-state index in [0.29, 0.717) is 5.56 Å². The average Bonchev–Trinajstić information content (AvgIpc) is 2.88.